The third-order valence-corrected chi connectivity index (χ3v) is 3.17. The second-order valence-electron chi connectivity index (χ2n) is 3.62. The van der Waals surface area contributed by atoms with Crippen LogP contribution in [0.5, 0.6) is 0 Å². The molecule has 2 nitrogen and oxygen atoms in total. The lowest BCUT2D eigenvalue weighted by atomic mass is 9.87. The van der Waals surface area contributed by atoms with Crippen molar-refractivity contribution in [2.24, 2.45) is 5.92 Å². The van der Waals surface area contributed by atoms with Gasteiger partial charge in [-0.2, -0.15) is 0 Å². The molecule has 0 spiro atoms. The lowest BCUT2D eigenvalue weighted by Crippen LogP contribution is -2.16. The minimum atomic E-state index is -0.0417. The van der Waals surface area contributed by atoms with Gasteiger partial charge in [-0.1, -0.05) is 6.92 Å². The molecule has 2 heterocycles. The summed E-state index contributed by atoms with van der Waals surface area (Å²) < 4.78 is 11.0. The minimum Gasteiger partial charge on any atom is -0.307 e. The number of ether oxygens (including phenoxy) is 2. The highest BCUT2D eigenvalue weighted by atomic mass is 17.0. The van der Waals surface area contributed by atoms with E-state index in [1.54, 1.807) is 0 Å². The quantitative estimate of drug-likeness (QED) is 0.517. The van der Waals surface area contributed by atoms with E-state index in [-0.39, 0.29) is 11.6 Å². The third-order valence-electron chi connectivity index (χ3n) is 3.17. The van der Waals surface area contributed by atoms with Gasteiger partial charge in [-0.25, -0.2) is 0 Å². The zero-order valence-corrected chi connectivity index (χ0v) is 6.22. The van der Waals surface area contributed by atoms with Gasteiger partial charge in [0, 0.05) is 12.3 Å². The van der Waals surface area contributed by atoms with Crippen molar-refractivity contribution in [1.29, 1.82) is 0 Å². The fourth-order valence-corrected chi connectivity index (χ4v) is 2.44. The van der Waals surface area contributed by atoms with E-state index in [1.807, 2.05) is 0 Å². The second-order valence-corrected chi connectivity index (χ2v) is 3.62. The van der Waals surface area contributed by atoms with E-state index in [0.717, 1.165) is 6.42 Å². The van der Waals surface area contributed by atoms with Gasteiger partial charge < -0.3 is 9.47 Å². The molecule has 2 heteroatoms. The molecule has 56 valence electrons. The Bertz CT molecular complexity index is 182. The molecule has 1 atom stereocenters. The zero-order chi connectivity index (χ0) is 6.82. The summed E-state index contributed by atoms with van der Waals surface area (Å²) in [6.45, 7) is 2.22. The Kier molecular flexibility index (Phi) is 0.710. The van der Waals surface area contributed by atoms with Crippen molar-refractivity contribution in [3.8, 4) is 0 Å². The van der Waals surface area contributed by atoms with E-state index < -0.39 is 0 Å². The van der Waals surface area contributed by atoms with E-state index in [4.69, 9.17) is 9.47 Å². The maximum atomic E-state index is 5.52. The summed E-state index contributed by atoms with van der Waals surface area (Å²) in [6, 6.07) is 0. The van der Waals surface area contributed by atoms with Gasteiger partial charge in [0.2, 0.25) is 11.6 Å². The molecule has 2 aliphatic heterocycles. The van der Waals surface area contributed by atoms with Gasteiger partial charge >= 0.3 is 0 Å². The summed E-state index contributed by atoms with van der Waals surface area (Å²) >= 11 is 0. The van der Waals surface area contributed by atoms with Gasteiger partial charge in [0.25, 0.3) is 0 Å². The molecule has 0 radical (unpaired) electrons. The second kappa shape index (κ2) is 1.28. The number of hydrogen-bond donors (Lipinski definition) is 0. The highest BCUT2D eigenvalue weighted by Gasteiger charge is 2.93. The predicted molar refractivity (Wildman–Crippen MR) is 35.3 cm³/mol. The van der Waals surface area contributed by atoms with Crippen LogP contribution in [-0.4, -0.2) is 11.6 Å². The highest BCUT2D eigenvalue weighted by molar-refractivity contribution is 5.22. The molecule has 3 fully saturated rings. The van der Waals surface area contributed by atoms with E-state index in [0.29, 0.717) is 5.92 Å². The van der Waals surface area contributed by atoms with Gasteiger partial charge in [0.15, 0.2) is 0 Å². The van der Waals surface area contributed by atoms with Crippen molar-refractivity contribution in [2.45, 2.75) is 44.2 Å². The van der Waals surface area contributed by atoms with E-state index in [2.05, 4.69) is 6.92 Å². The van der Waals surface area contributed by atoms with Crippen LogP contribution in [0.1, 0.15) is 32.6 Å². The maximum absolute atomic E-state index is 5.52. The fourth-order valence-electron chi connectivity index (χ4n) is 2.44. The summed E-state index contributed by atoms with van der Waals surface area (Å²) in [4.78, 5) is 0. The average Bonchev–Trinajstić information content (AvgIpc) is 2.69. The van der Waals surface area contributed by atoms with Crippen molar-refractivity contribution in [2.75, 3.05) is 0 Å². The molecule has 3 aliphatic rings. The first-order valence-electron chi connectivity index (χ1n) is 4.23. The molecule has 0 amide bonds. The van der Waals surface area contributed by atoms with Gasteiger partial charge in [0.05, 0.1) is 0 Å². The van der Waals surface area contributed by atoms with Crippen molar-refractivity contribution in [3.05, 3.63) is 0 Å². The normalized spacial score (nSPS) is 62.7. The largest absolute Gasteiger partial charge is 0.307 e. The first-order chi connectivity index (χ1) is 4.83. The Hall–Kier alpha value is -0.0800. The molecular formula is C8H12O2. The van der Waals surface area contributed by atoms with Crippen LogP contribution in [-0.2, 0) is 9.47 Å². The van der Waals surface area contributed by atoms with Crippen LogP contribution in [0.25, 0.3) is 0 Å². The zero-order valence-electron chi connectivity index (χ0n) is 6.22. The van der Waals surface area contributed by atoms with Crippen LogP contribution < -0.4 is 0 Å². The van der Waals surface area contributed by atoms with E-state index in [9.17, 15) is 0 Å². The van der Waals surface area contributed by atoms with Crippen LogP contribution in [0, 0.1) is 5.92 Å². The maximum Gasteiger partial charge on any atom is 0.232 e. The minimum absolute atomic E-state index is 0.0358. The lowest BCUT2D eigenvalue weighted by molar-refractivity contribution is -0.109. The van der Waals surface area contributed by atoms with Crippen molar-refractivity contribution in [1.82, 2.24) is 0 Å². The number of epoxide rings is 2. The number of rotatable bonds is 1. The third kappa shape index (κ3) is 0.372. The van der Waals surface area contributed by atoms with E-state index in [1.165, 1.54) is 19.3 Å². The summed E-state index contributed by atoms with van der Waals surface area (Å²) in [6.07, 6.45) is 4.95. The number of hydrogen-bond acceptors (Lipinski definition) is 2. The highest BCUT2D eigenvalue weighted by Crippen LogP contribution is 2.76. The van der Waals surface area contributed by atoms with Gasteiger partial charge in [-0.3, -0.25) is 0 Å². The molecule has 10 heavy (non-hydrogen) atoms. The molecule has 0 N–H and O–H groups in total. The van der Waals surface area contributed by atoms with Gasteiger partial charge in [0.1, 0.15) is 0 Å². The molecule has 1 unspecified atom stereocenters. The molecule has 0 bridgehead atoms. The Balaban J connectivity index is 1.87. The van der Waals surface area contributed by atoms with Crippen LogP contribution in [0.4, 0.5) is 0 Å². The summed E-state index contributed by atoms with van der Waals surface area (Å²) in [5.41, 5.74) is 0. The topological polar surface area (TPSA) is 25.1 Å². The first-order valence-corrected chi connectivity index (χ1v) is 4.23. The standard InChI is InChI=1S/C8H12O2/c1-2-6-4-3-5-7-8(6,9-7)10-7/h6H,2-5H2,1H3. The molecule has 3 rings (SSSR count). The SMILES string of the molecule is CCC1CCCC23OC12O3. The Morgan fingerprint density at radius 2 is 2.30 bits per heavy atom. The fraction of sp³-hybridized carbons (Fsp3) is 1.00. The summed E-state index contributed by atoms with van der Waals surface area (Å²) in [7, 11) is 0. The van der Waals surface area contributed by atoms with Crippen molar-refractivity contribution >= 4 is 0 Å². The van der Waals surface area contributed by atoms with Crippen LogP contribution >= 0.6 is 0 Å². The molecule has 2 saturated heterocycles. The van der Waals surface area contributed by atoms with Gasteiger partial charge in [-0.15, -0.1) is 0 Å². The summed E-state index contributed by atoms with van der Waals surface area (Å²) in [5.74, 6) is 0.618. The van der Waals surface area contributed by atoms with Crippen molar-refractivity contribution < 1.29 is 9.47 Å². The van der Waals surface area contributed by atoms with Gasteiger partial charge in [-0.05, 0) is 19.3 Å². The Labute approximate surface area is 60.5 Å². The van der Waals surface area contributed by atoms with Crippen LogP contribution in [0.3, 0.4) is 0 Å². The van der Waals surface area contributed by atoms with Crippen molar-refractivity contribution in [3.63, 3.8) is 0 Å². The molecule has 0 aromatic carbocycles. The molecular weight excluding hydrogens is 128 g/mol. The smallest absolute Gasteiger partial charge is 0.232 e. The monoisotopic (exact) mass is 140 g/mol. The molecule has 0 aromatic heterocycles. The molecule has 0 aromatic rings. The summed E-state index contributed by atoms with van der Waals surface area (Å²) in [5, 5.41) is 0. The van der Waals surface area contributed by atoms with Crippen LogP contribution in [0.15, 0.2) is 0 Å². The van der Waals surface area contributed by atoms with Crippen LogP contribution in [0.2, 0.25) is 0 Å². The van der Waals surface area contributed by atoms with E-state index >= 15 is 0 Å². The molecule has 1 aliphatic carbocycles. The first kappa shape index (κ1) is 5.56. The molecule has 1 saturated carbocycles. The lowest BCUT2D eigenvalue weighted by Gasteiger charge is -2.12. The average molecular weight is 140 g/mol. The predicted octanol–water partition coefficient (Wildman–Crippen LogP) is 1.65. The Morgan fingerprint density at radius 1 is 1.50 bits per heavy atom. The Morgan fingerprint density at radius 3 is 2.90 bits per heavy atom.